The zero-order chi connectivity index (χ0) is 19.0. The van der Waals surface area contributed by atoms with Crippen LogP contribution in [0, 0.1) is 0 Å². The highest BCUT2D eigenvalue weighted by Crippen LogP contribution is 2.25. The number of aromatic nitrogens is 5. The van der Waals surface area contributed by atoms with Crippen molar-refractivity contribution in [2.75, 3.05) is 30.0 Å². The fourth-order valence-electron chi connectivity index (χ4n) is 2.69. The molecule has 2 N–H and O–H groups in total. The first-order chi connectivity index (χ1) is 13.0. The Bertz CT molecular complexity index is 1020. The summed E-state index contributed by atoms with van der Waals surface area (Å²) >= 11 is 0. The van der Waals surface area contributed by atoms with E-state index >= 15 is 0 Å². The van der Waals surface area contributed by atoms with Crippen LogP contribution in [-0.4, -0.2) is 56.4 Å². The van der Waals surface area contributed by atoms with Crippen LogP contribution in [0.3, 0.4) is 0 Å². The number of aromatic amines is 1. The maximum atomic E-state index is 12.9. The Morgan fingerprint density at radius 3 is 3.04 bits per heavy atom. The molecule has 12 heteroatoms. The molecule has 4 heterocycles. The van der Waals surface area contributed by atoms with Crippen molar-refractivity contribution >= 4 is 29.0 Å². The average molecular weight is 377 g/mol. The van der Waals surface area contributed by atoms with Gasteiger partial charge < -0.3 is 10.1 Å². The molecule has 0 unspecified atom stereocenters. The smallest absolute Gasteiger partial charge is 0.284 e. The highest BCUT2D eigenvalue weighted by molar-refractivity contribution is 6.08. The number of nitrogens with zero attached hydrogens (tertiary/aromatic N) is 5. The van der Waals surface area contributed by atoms with Gasteiger partial charge in [-0.25, -0.2) is 18.3 Å². The predicted molar refractivity (Wildman–Crippen MR) is 87.7 cm³/mol. The quantitative estimate of drug-likeness (QED) is 0.701. The van der Waals surface area contributed by atoms with Crippen molar-refractivity contribution in [1.82, 2.24) is 24.8 Å². The van der Waals surface area contributed by atoms with Gasteiger partial charge >= 0.3 is 0 Å². The van der Waals surface area contributed by atoms with Crippen LogP contribution in [0.4, 0.5) is 20.3 Å². The third-order valence-corrected chi connectivity index (χ3v) is 3.99. The average Bonchev–Trinajstić information content (AvgIpc) is 3.28. The van der Waals surface area contributed by atoms with Crippen LogP contribution in [-0.2, 0) is 9.53 Å². The Kier molecular flexibility index (Phi) is 4.24. The van der Waals surface area contributed by atoms with Crippen molar-refractivity contribution in [1.29, 1.82) is 0 Å². The summed E-state index contributed by atoms with van der Waals surface area (Å²) in [4.78, 5) is 30.3. The molecule has 0 aromatic carbocycles. The van der Waals surface area contributed by atoms with E-state index in [0.29, 0.717) is 19.0 Å². The molecule has 1 aliphatic heterocycles. The fourth-order valence-corrected chi connectivity index (χ4v) is 2.69. The number of rotatable bonds is 4. The van der Waals surface area contributed by atoms with E-state index < -0.39 is 18.0 Å². The number of halogens is 2. The molecule has 0 aliphatic carbocycles. The predicted octanol–water partition coefficient (Wildman–Crippen LogP) is 1.01. The van der Waals surface area contributed by atoms with Crippen molar-refractivity contribution in [3.63, 3.8) is 0 Å². The second-order valence-corrected chi connectivity index (χ2v) is 5.65. The van der Waals surface area contributed by atoms with E-state index in [9.17, 15) is 18.4 Å². The first-order valence-electron chi connectivity index (χ1n) is 7.90. The lowest BCUT2D eigenvalue weighted by atomic mass is 10.3. The van der Waals surface area contributed by atoms with Gasteiger partial charge in [0.2, 0.25) is 0 Å². The van der Waals surface area contributed by atoms with Crippen molar-refractivity contribution in [2.45, 2.75) is 6.43 Å². The summed E-state index contributed by atoms with van der Waals surface area (Å²) in [6.45, 7) is 0.670. The van der Waals surface area contributed by atoms with Crippen LogP contribution in [0.5, 0.6) is 0 Å². The Labute approximate surface area is 150 Å². The van der Waals surface area contributed by atoms with Crippen LogP contribution >= 0.6 is 0 Å². The number of alkyl halides is 2. The highest BCUT2D eigenvalue weighted by atomic mass is 19.3. The molecule has 1 aliphatic rings. The number of fused-ring (bicyclic) bond motifs is 1. The normalized spacial score (nSPS) is 14.9. The molecule has 0 bridgehead atoms. The summed E-state index contributed by atoms with van der Waals surface area (Å²) < 4.78 is 32.2. The van der Waals surface area contributed by atoms with Crippen molar-refractivity contribution in [2.24, 2.45) is 0 Å². The molecule has 1 fully saturated rings. The molecular formula is C15H13F2N7O3. The largest absolute Gasteiger partial charge is 0.370 e. The summed E-state index contributed by atoms with van der Waals surface area (Å²) in [7, 11) is 0. The van der Waals surface area contributed by atoms with Crippen LogP contribution in [0.15, 0.2) is 24.7 Å². The molecule has 0 radical (unpaired) electrons. The summed E-state index contributed by atoms with van der Waals surface area (Å²) in [5, 5.41) is 12.1. The third-order valence-electron chi connectivity index (χ3n) is 3.99. The summed E-state index contributed by atoms with van der Waals surface area (Å²) in [5.41, 5.74) is -0.438. The van der Waals surface area contributed by atoms with Crippen LogP contribution in [0.1, 0.15) is 22.5 Å². The summed E-state index contributed by atoms with van der Waals surface area (Å²) in [6.07, 6.45) is 1.15. The van der Waals surface area contributed by atoms with Crippen LogP contribution in [0.25, 0.3) is 5.65 Å². The van der Waals surface area contributed by atoms with E-state index in [1.165, 1.54) is 15.6 Å². The van der Waals surface area contributed by atoms with Gasteiger partial charge in [-0.3, -0.25) is 19.6 Å². The Morgan fingerprint density at radius 1 is 1.41 bits per heavy atom. The van der Waals surface area contributed by atoms with E-state index in [0.717, 1.165) is 6.20 Å². The number of carbonyl (C=O) groups is 2. The number of carbonyl (C=O) groups excluding carboxylic acids is 2. The third kappa shape index (κ3) is 3.10. The van der Waals surface area contributed by atoms with Crippen molar-refractivity contribution in [3.8, 4) is 0 Å². The molecule has 0 atom stereocenters. The zero-order valence-electron chi connectivity index (χ0n) is 13.7. The van der Waals surface area contributed by atoms with E-state index in [2.05, 4.69) is 25.6 Å². The minimum atomic E-state index is -2.84. The first-order valence-corrected chi connectivity index (χ1v) is 7.90. The Hall–Kier alpha value is -3.41. The molecular weight excluding hydrogens is 364 g/mol. The van der Waals surface area contributed by atoms with Gasteiger partial charge in [-0.2, -0.15) is 10.2 Å². The van der Waals surface area contributed by atoms with Gasteiger partial charge in [0.15, 0.2) is 11.3 Å². The highest BCUT2D eigenvalue weighted by Gasteiger charge is 2.24. The van der Waals surface area contributed by atoms with Gasteiger partial charge in [0.1, 0.15) is 18.0 Å². The Balaban J connectivity index is 1.65. The maximum Gasteiger partial charge on any atom is 0.284 e. The second-order valence-electron chi connectivity index (χ2n) is 5.65. The topological polar surface area (TPSA) is 118 Å². The maximum absolute atomic E-state index is 12.9. The minimum absolute atomic E-state index is 0.0453. The first kappa shape index (κ1) is 17.0. The van der Waals surface area contributed by atoms with Gasteiger partial charge in [0.05, 0.1) is 25.0 Å². The Morgan fingerprint density at radius 2 is 2.26 bits per heavy atom. The van der Waals surface area contributed by atoms with Crippen molar-refractivity contribution < 1.29 is 23.1 Å². The molecule has 140 valence electrons. The molecule has 27 heavy (non-hydrogen) atoms. The molecule has 3 aromatic heterocycles. The monoisotopic (exact) mass is 377 g/mol. The number of amides is 2. The lowest BCUT2D eigenvalue weighted by Gasteiger charge is -2.25. The fraction of sp³-hybridized carbons (Fsp3) is 0.267. The molecule has 4 rings (SSSR count). The summed E-state index contributed by atoms with van der Waals surface area (Å²) in [5.74, 6) is -0.572. The van der Waals surface area contributed by atoms with Gasteiger partial charge in [-0.05, 0) is 6.07 Å². The lowest BCUT2D eigenvalue weighted by molar-refractivity contribution is -0.125. The number of ether oxygens (including phenoxy) is 1. The van der Waals surface area contributed by atoms with Gasteiger partial charge in [-0.1, -0.05) is 0 Å². The van der Waals surface area contributed by atoms with Gasteiger partial charge in [0, 0.05) is 12.4 Å². The van der Waals surface area contributed by atoms with E-state index in [1.54, 1.807) is 12.3 Å². The number of hydrogen-bond acceptors (Lipinski definition) is 6. The van der Waals surface area contributed by atoms with Crippen LogP contribution < -0.4 is 10.2 Å². The number of morpholine rings is 1. The van der Waals surface area contributed by atoms with E-state index in [1.807, 2.05) is 0 Å². The second kappa shape index (κ2) is 6.72. The standard InChI is InChI=1S/C15H13F2N7O3/c16-13(17)12-9(6-18-22-12)20-15(26)8-5-19-24-2-1-10(21-14(8)24)23-3-4-27-7-11(23)25/h1-2,5-6,13H,3-4,7H2,(H,18,22)(H,20,26). The zero-order valence-corrected chi connectivity index (χ0v) is 13.7. The molecule has 1 saturated heterocycles. The van der Waals surface area contributed by atoms with E-state index in [-0.39, 0.29) is 29.4 Å². The number of anilines is 2. The molecule has 0 saturated carbocycles. The van der Waals surface area contributed by atoms with Crippen molar-refractivity contribution in [3.05, 3.63) is 35.9 Å². The minimum Gasteiger partial charge on any atom is -0.370 e. The van der Waals surface area contributed by atoms with E-state index in [4.69, 9.17) is 4.74 Å². The van der Waals surface area contributed by atoms with Gasteiger partial charge in [-0.15, -0.1) is 0 Å². The number of nitrogens with one attached hydrogen (secondary N) is 2. The van der Waals surface area contributed by atoms with Gasteiger partial charge in [0.25, 0.3) is 18.2 Å². The molecule has 2 amide bonds. The number of hydrogen-bond donors (Lipinski definition) is 2. The SMILES string of the molecule is O=C(Nc1c[nH]nc1C(F)F)c1cnn2ccc(N3CCOCC3=O)nc12. The lowest BCUT2D eigenvalue weighted by Crippen LogP contribution is -2.42. The number of H-pyrrole nitrogens is 1. The summed E-state index contributed by atoms with van der Waals surface area (Å²) in [6, 6.07) is 1.59. The molecule has 10 nitrogen and oxygen atoms in total. The van der Waals surface area contributed by atoms with Crippen LogP contribution in [0.2, 0.25) is 0 Å². The molecule has 3 aromatic rings. The molecule has 0 spiro atoms.